The maximum Gasteiger partial charge on any atom is 0.261 e. The largest absolute Gasteiger partial charge is 0.357 e. The van der Waals surface area contributed by atoms with Crippen molar-refractivity contribution in [3.05, 3.63) is 59.4 Å². The molecule has 3 aromatic heterocycles. The number of rotatable bonds is 5. The van der Waals surface area contributed by atoms with E-state index >= 15 is 0 Å². The van der Waals surface area contributed by atoms with E-state index in [1.165, 1.54) is 11.3 Å². The normalized spacial score (nSPS) is 10.3. The van der Waals surface area contributed by atoms with Gasteiger partial charge in [0.1, 0.15) is 0 Å². The second-order valence-electron chi connectivity index (χ2n) is 4.72. The van der Waals surface area contributed by atoms with Crippen molar-refractivity contribution in [2.24, 2.45) is 0 Å². The van der Waals surface area contributed by atoms with Crippen LogP contribution in [0.2, 0.25) is 0 Å². The monoisotopic (exact) mass is 325 g/mol. The first-order valence-corrected chi connectivity index (χ1v) is 7.86. The maximum atomic E-state index is 12.2. The molecular weight excluding hydrogens is 310 g/mol. The summed E-state index contributed by atoms with van der Waals surface area (Å²) in [5, 5.41) is 5.80. The molecule has 3 aromatic rings. The van der Waals surface area contributed by atoms with Crippen LogP contribution >= 0.6 is 11.3 Å². The Bertz CT molecular complexity index is 803. The summed E-state index contributed by atoms with van der Waals surface area (Å²) in [4.78, 5) is 26.2. The third-order valence-electron chi connectivity index (χ3n) is 3.16. The molecule has 2 N–H and O–H groups in total. The van der Waals surface area contributed by atoms with E-state index in [-0.39, 0.29) is 5.91 Å². The summed E-state index contributed by atoms with van der Waals surface area (Å²) < 4.78 is 0. The minimum Gasteiger partial charge on any atom is -0.357 e. The maximum absolute atomic E-state index is 12.2. The smallest absolute Gasteiger partial charge is 0.261 e. The molecule has 3 heterocycles. The summed E-state index contributed by atoms with van der Waals surface area (Å²) in [5.41, 5.74) is 1.81. The SMILES string of the molecule is CNc1nccc(-c2ccc(C(=O)NCc3ccncc3)s2)n1. The Hall–Kier alpha value is -2.80. The second-order valence-corrected chi connectivity index (χ2v) is 5.80. The lowest BCUT2D eigenvalue weighted by Gasteiger charge is -2.03. The molecule has 6 nitrogen and oxygen atoms in total. The van der Waals surface area contributed by atoms with Crippen LogP contribution in [0.5, 0.6) is 0 Å². The number of thiophene rings is 1. The quantitative estimate of drug-likeness (QED) is 0.753. The van der Waals surface area contributed by atoms with Crippen molar-refractivity contribution in [1.82, 2.24) is 20.3 Å². The van der Waals surface area contributed by atoms with Gasteiger partial charge in [0.05, 0.1) is 15.4 Å². The molecule has 0 aliphatic heterocycles. The van der Waals surface area contributed by atoms with Crippen LogP contribution in [0, 0.1) is 0 Å². The Balaban J connectivity index is 1.69. The van der Waals surface area contributed by atoms with Crippen molar-refractivity contribution in [2.45, 2.75) is 6.54 Å². The van der Waals surface area contributed by atoms with Crippen LogP contribution in [0.3, 0.4) is 0 Å². The summed E-state index contributed by atoms with van der Waals surface area (Å²) in [7, 11) is 1.77. The van der Waals surface area contributed by atoms with Gasteiger partial charge < -0.3 is 10.6 Å². The summed E-state index contributed by atoms with van der Waals surface area (Å²) in [5.74, 6) is 0.459. The number of amides is 1. The average molecular weight is 325 g/mol. The highest BCUT2D eigenvalue weighted by atomic mass is 32.1. The van der Waals surface area contributed by atoms with Gasteiger partial charge in [0, 0.05) is 32.2 Å². The van der Waals surface area contributed by atoms with Crippen LogP contribution in [0.1, 0.15) is 15.2 Å². The van der Waals surface area contributed by atoms with Gasteiger partial charge in [0.25, 0.3) is 5.91 Å². The van der Waals surface area contributed by atoms with Gasteiger partial charge in [0.2, 0.25) is 5.95 Å². The third kappa shape index (κ3) is 3.70. The lowest BCUT2D eigenvalue weighted by atomic mass is 10.2. The molecule has 0 saturated heterocycles. The van der Waals surface area contributed by atoms with Gasteiger partial charge in [-0.1, -0.05) is 0 Å². The standard InChI is InChI=1S/C16H15N5OS/c1-17-16-19-9-6-12(21-16)13-2-3-14(23-13)15(22)20-10-11-4-7-18-8-5-11/h2-9H,10H2,1H3,(H,20,22)(H,17,19,21). The van der Waals surface area contributed by atoms with Crippen LogP contribution < -0.4 is 10.6 Å². The Morgan fingerprint density at radius 2 is 1.96 bits per heavy atom. The molecule has 0 fully saturated rings. The Morgan fingerprint density at radius 3 is 2.74 bits per heavy atom. The summed E-state index contributed by atoms with van der Waals surface area (Å²) in [6, 6.07) is 9.28. The van der Waals surface area contributed by atoms with E-state index in [9.17, 15) is 4.79 Å². The van der Waals surface area contributed by atoms with Crippen molar-refractivity contribution >= 4 is 23.2 Å². The molecule has 0 saturated carbocycles. The molecule has 3 rings (SSSR count). The van der Waals surface area contributed by atoms with E-state index < -0.39 is 0 Å². The van der Waals surface area contributed by atoms with Gasteiger partial charge in [0.15, 0.2) is 0 Å². The zero-order valence-electron chi connectivity index (χ0n) is 12.5. The van der Waals surface area contributed by atoms with Gasteiger partial charge in [-0.2, -0.15) is 0 Å². The fourth-order valence-corrected chi connectivity index (χ4v) is 2.88. The van der Waals surface area contributed by atoms with Crippen molar-refractivity contribution < 1.29 is 4.79 Å². The number of aromatic nitrogens is 3. The van der Waals surface area contributed by atoms with Gasteiger partial charge in [-0.05, 0) is 35.9 Å². The van der Waals surface area contributed by atoms with E-state index in [0.29, 0.717) is 17.4 Å². The highest BCUT2D eigenvalue weighted by Gasteiger charge is 2.11. The van der Waals surface area contributed by atoms with Gasteiger partial charge in [-0.25, -0.2) is 9.97 Å². The van der Waals surface area contributed by atoms with Crippen molar-refractivity contribution in [2.75, 3.05) is 12.4 Å². The highest BCUT2D eigenvalue weighted by Crippen LogP contribution is 2.26. The molecule has 0 spiro atoms. The predicted molar refractivity (Wildman–Crippen MR) is 90.3 cm³/mol. The van der Waals surface area contributed by atoms with Crippen LogP contribution in [0.4, 0.5) is 5.95 Å². The first kappa shape index (κ1) is 15.1. The Kier molecular flexibility index (Phi) is 4.58. The van der Waals surface area contributed by atoms with E-state index in [1.54, 1.807) is 25.6 Å². The second kappa shape index (κ2) is 6.97. The van der Waals surface area contributed by atoms with E-state index in [0.717, 1.165) is 16.1 Å². The minimum atomic E-state index is -0.0963. The minimum absolute atomic E-state index is 0.0963. The number of pyridine rings is 1. The number of anilines is 1. The molecule has 0 aliphatic carbocycles. The van der Waals surface area contributed by atoms with Crippen molar-refractivity contribution in [3.8, 4) is 10.6 Å². The zero-order chi connectivity index (χ0) is 16.1. The van der Waals surface area contributed by atoms with Crippen LogP contribution in [0.25, 0.3) is 10.6 Å². The molecule has 0 aromatic carbocycles. The molecular formula is C16H15N5OS. The number of carbonyl (C=O) groups excluding carboxylic acids is 1. The molecule has 116 valence electrons. The first-order valence-electron chi connectivity index (χ1n) is 7.04. The molecule has 0 atom stereocenters. The van der Waals surface area contributed by atoms with Crippen molar-refractivity contribution in [1.29, 1.82) is 0 Å². The van der Waals surface area contributed by atoms with E-state index in [1.807, 2.05) is 30.3 Å². The fraction of sp³-hybridized carbons (Fsp3) is 0.125. The van der Waals surface area contributed by atoms with Gasteiger partial charge in [-0.3, -0.25) is 9.78 Å². The van der Waals surface area contributed by atoms with Gasteiger partial charge in [-0.15, -0.1) is 11.3 Å². The molecule has 0 bridgehead atoms. The van der Waals surface area contributed by atoms with Crippen LogP contribution in [0.15, 0.2) is 48.9 Å². The highest BCUT2D eigenvalue weighted by molar-refractivity contribution is 7.17. The molecule has 0 aliphatic rings. The van der Waals surface area contributed by atoms with Gasteiger partial charge >= 0.3 is 0 Å². The number of nitrogens with one attached hydrogen (secondary N) is 2. The first-order chi connectivity index (χ1) is 11.3. The van der Waals surface area contributed by atoms with Crippen LogP contribution in [-0.4, -0.2) is 27.9 Å². The number of hydrogen-bond donors (Lipinski definition) is 2. The average Bonchev–Trinajstić information content (AvgIpc) is 3.11. The van der Waals surface area contributed by atoms with E-state index in [4.69, 9.17) is 0 Å². The lowest BCUT2D eigenvalue weighted by Crippen LogP contribution is -2.21. The van der Waals surface area contributed by atoms with E-state index in [2.05, 4.69) is 25.6 Å². The number of nitrogens with zero attached hydrogens (tertiary/aromatic N) is 3. The fourth-order valence-electron chi connectivity index (χ4n) is 1.98. The topological polar surface area (TPSA) is 79.8 Å². The Labute approximate surface area is 137 Å². The number of carbonyl (C=O) groups is 1. The van der Waals surface area contributed by atoms with Crippen LogP contribution in [-0.2, 0) is 6.54 Å². The summed E-state index contributed by atoms with van der Waals surface area (Å²) >= 11 is 1.41. The lowest BCUT2D eigenvalue weighted by molar-refractivity contribution is 0.0955. The summed E-state index contributed by atoms with van der Waals surface area (Å²) in [6.45, 7) is 0.478. The molecule has 0 unspecified atom stereocenters. The number of hydrogen-bond acceptors (Lipinski definition) is 6. The van der Waals surface area contributed by atoms with Crippen molar-refractivity contribution in [3.63, 3.8) is 0 Å². The molecule has 7 heteroatoms. The Morgan fingerprint density at radius 1 is 1.13 bits per heavy atom. The third-order valence-corrected chi connectivity index (χ3v) is 4.27. The molecule has 0 radical (unpaired) electrons. The summed E-state index contributed by atoms with van der Waals surface area (Å²) in [6.07, 6.45) is 5.11. The molecule has 1 amide bonds. The zero-order valence-corrected chi connectivity index (χ0v) is 13.3. The molecule has 23 heavy (non-hydrogen) atoms. The predicted octanol–water partition coefficient (Wildman–Crippen LogP) is 2.57.